The Balaban J connectivity index is 4.42. The van der Waals surface area contributed by atoms with Gasteiger partial charge in [-0.15, -0.1) is 0 Å². The molecule has 0 rings (SSSR count). The highest BCUT2D eigenvalue weighted by Gasteiger charge is 2.25. The molecule has 2 heteroatoms. The molecule has 0 aromatic heterocycles. The van der Waals surface area contributed by atoms with Gasteiger partial charge in [-0.25, -0.2) is 0 Å². The van der Waals surface area contributed by atoms with Gasteiger partial charge in [-0.3, -0.25) is 0 Å². The Morgan fingerprint density at radius 3 is 1.00 bits per heavy atom. The molecule has 20 heavy (non-hydrogen) atoms. The quantitative estimate of drug-likeness (QED) is 0.584. The normalized spacial score (nSPS) is 13.5. The van der Waals surface area contributed by atoms with Crippen LogP contribution >= 0.6 is 0 Å². The van der Waals surface area contributed by atoms with Crippen LogP contribution in [-0.4, -0.2) is 11.1 Å². The van der Waals surface area contributed by atoms with E-state index in [1.54, 1.807) is 0 Å². The van der Waals surface area contributed by atoms with Crippen LogP contribution in [0.1, 0.15) is 82.1 Å². The van der Waals surface area contributed by atoms with Crippen molar-refractivity contribution in [1.82, 2.24) is 10.6 Å². The third-order valence-electron chi connectivity index (χ3n) is 2.81. The van der Waals surface area contributed by atoms with Crippen LogP contribution in [0.15, 0.2) is 0 Å². The zero-order valence-electron chi connectivity index (χ0n) is 15.4. The van der Waals surface area contributed by atoms with Crippen molar-refractivity contribution in [2.24, 2.45) is 10.8 Å². The molecule has 0 saturated heterocycles. The molecular formula is C18H36N2. The lowest BCUT2D eigenvalue weighted by molar-refractivity contribution is 0.260. The van der Waals surface area contributed by atoms with Gasteiger partial charge in [-0.2, -0.15) is 0 Å². The molecular weight excluding hydrogens is 244 g/mol. The minimum Gasteiger partial charge on any atom is -0.339 e. The first-order valence-corrected chi connectivity index (χ1v) is 7.66. The summed E-state index contributed by atoms with van der Waals surface area (Å²) < 4.78 is 0. The average Bonchev–Trinajstić information content (AvgIpc) is 2.04. The highest BCUT2D eigenvalue weighted by Crippen LogP contribution is 2.27. The van der Waals surface area contributed by atoms with Crippen LogP contribution in [0.3, 0.4) is 0 Å². The third-order valence-corrected chi connectivity index (χ3v) is 2.81. The molecule has 0 unspecified atom stereocenters. The van der Waals surface area contributed by atoms with E-state index in [1.807, 2.05) is 0 Å². The molecule has 0 fully saturated rings. The molecule has 0 aromatic carbocycles. The van der Waals surface area contributed by atoms with E-state index < -0.39 is 0 Å². The van der Waals surface area contributed by atoms with E-state index in [-0.39, 0.29) is 11.1 Å². The van der Waals surface area contributed by atoms with Gasteiger partial charge in [0.05, 0.1) is 0 Å². The summed E-state index contributed by atoms with van der Waals surface area (Å²) in [5.74, 6) is 0. The lowest BCUT2D eigenvalue weighted by Crippen LogP contribution is -2.41. The molecule has 0 aromatic rings. The smallest absolute Gasteiger partial charge is 0.0399 e. The van der Waals surface area contributed by atoms with Crippen molar-refractivity contribution in [1.29, 1.82) is 0 Å². The topological polar surface area (TPSA) is 24.1 Å². The second kappa shape index (κ2) is 6.29. The van der Waals surface area contributed by atoms with Crippen LogP contribution < -0.4 is 10.6 Å². The fourth-order valence-electron chi connectivity index (χ4n) is 3.14. The van der Waals surface area contributed by atoms with Crippen LogP contribution in [0, 0.1) is 22.9 Å². The van der Waals surface area contributed by atoms with E-state index >= 15 is 0 Å². The lowest BCUT2D eigenvalue weighted by Gasteiger charge is -2.33. The summed E-state index contributed by atoms with van der Waals surface area (Å²) in [6.07, 6.45) is 2.17. The zero-order chi connectivity index (χ0) is 16.2. The average molecular weight is 280 g/mol. The van der Waals surface area contributed by atoms with Gasteiger partial charge in [0.15, 0.2) is 0 Å². The SMILES string of the molecule is CC(C)(C)CC(C)(C)NC#CNC(C)(C)CC(C)(C)C. The minimum absolute atomic E-state index is 0.0289. The van der Waals surface area contributed by atoms with Gasteiger partial charge in [-0.05, 0) is 51.4 Å². The first kappa shape index (κ1) is 19.2. The van der Waals surface area contributed by atoms with Crippen LogP contribution in [0.25, 0.3) is 0 Å². The minimum atomic E-state index is 0.0289. The van der Waals surface area contributed by atoms with Gasteiger partial charge in [0.25, 0.3) is 0 Å². The fourth-order valence-corrected chi connectivity index (χ4v) is 3.14. The maximum Gasteiger partial charge on any atom is 0.0399 e. The molecule has 118 valence electrons. The molecule has 0 aliphatic heterocycles. The van der Waals surface area contributed by atoms with Gasteiger partial charge >= 0.3 is 0 Å². The van der Waals surface area contributed by atoms with E-state index in [4.69, 9.17) is 0 Å². The second-order valence-electron chi connectivity index (χ2n) is 9.74. The summed E-state index contributed by atoms with van der Waals surface area (Å²) in [7, 11) is 0. The van der Waals surface area contributed by atoms with E-state index in [9.17, 15) is 0 Å². The van der Waals surface area contributed by atoms with Crippen LogP contribution in [0.5, 0.6) is 0 Å². The first-order valence-electron chi connectivity index (χ1n) is 7.66. The molecule has 0 radical (unpaired) electrons. The summed E-state index contributed by atoms with van der Waals surface area (Å²) in [5, 5.41) is 6.65. The van der Waals surface area contributed by atoms with Gasteiger partial charge < -0.3 is 10.6 Å². The molecule has 0 saturated carbocycles. The Kier molecular flexibility index (Phi) is 6.02. The number of hydrogen-bond acceptors (Lipinski definition) is 2. The van der Waals surface area contributed by atoms with Gasteiger partial charge in [0.1, 0.15) is 0 Å². The van der Waals surface area contributed by atoms with Crippen LogP contribution in [0.4, 0.5) is 0 Å². The van der Waals surface area contributed by atoms with Crippen LogP contribution in [0.2, 0.25) is 0 Å². The van der Waals surface area contributed by atoms with E-state index in [0.29, 0.717) is 10.8 Å². The molecule has 2 nitrogen and oxygen atoms in total. The first-order chi connectivity index (χ1) is 8.62. The summed E-state index contributed by atoms with van der Waals surface area (Å²) in [5.41, 5.74) is 0.663. The molecule has 0 spiro atoms. The van der Waals surface area contributed by atoms with E-state index in [2.05, 4.69) is 92.0 Å². The zero-order valence-corrected chi connectivity index (χ0v) is 15.4. The molecule has 0 atom stereocenters. The van der Waals surface area contributed by atoms with Gasteiger partial charge in [-0.1, -0.05) is 41.5 Å². The number of rotatable bonds is 4. The summed E-state index contributed by atoms with van der Waals surface area (Å²) in [4.78, 5) is 0. The molecule has 0 aliphatic carbocycles. The Morgan fingerprint density at radius 1 is 0.550 bits per heavy atom. The third kappa shape index (κ3) is 11.0. The summed E-state index contributed by atoms with van der Waals surface area (Å²) in [6, 6.07) is 6.16. The number of hydrogen-bond donors (Lipinski definition) is 2. The molecule has 0 aliphatic rings. The standard InChI is InChI=1S/C18H36N2/c1-15(2,3)13-17(7,8)19-11-12-20-18(9,10)14-16(4,5)6/h19-20H,13-14H2,1-10H3. The van der Waals surface area contributed by atoms with Crippen molar-refractivity contribution >= 4 is 0 Å². The molecule has 0 heterocycles. The van der Waals surface area contributed by atoms with Crippen LogP contribution in [-0.2, 0) is 0 Å². The van der Waals surface area contributed by atoms with Gasteiger partial charge in [0, 0.05) is 23.2 Å². The second-order valence-corrected chi connectivity index (χ2v) is 9.74. The maximum atomic E-state index is 3.33. The molecule has 0 bridgehead atoms. The van der Waals surface area contributed by atoms with Crippen molar-refractivity contribution in [3.05, 3.63) is 0 Å². The maximum absolute atomic E-state index is 3.33. The van der Waals surface area contributed by atoms with E-state index in [0.717, 1.165) is 12.8 Å². The van der Waals surface area contributed by atoms with Gasteiger partial charge in [0.2, 0.25) is 0 Å². The summed E-state index contributed by atoms with van der Waals surface area (Å²) >= 11 is 0. The Morgan fingerprint density at radius 2 is 0.800 bits per heavy atom. The monoisotopic (exact) mass is 280 g/mol. The van der Waals surface area contributed by atoms with Crippen molar-refractivity contribution in [2.45, 2.75) is 93.2 Å². The van der Waals surface area contributed by atoms with Crippen molar-refractivity contribution in [3.8, 4) is 12.1 Å². The Hall–Kier alpha value is -0.840. The lowest BCUT2D eigenvalue weighted by atomic mass is 9.82. The molecule has 2 N–H and O–H groups in total. The van der Waals surface area contributed by atoms with Crippen molar-refractivity contribution in [2.75, 3.05) is 0 Å². The molecule has 0 amide bonds. The largest absolute Gasteiger partial charge is 0.339 e. The fraction of sp³-hybridized carbons (Fsp3) is 0.889. The number of nitrogens with one attached hydrogen (secondary N) is 2. The van der Waals surface area contributed by atoms with E-state index in [1.165, 1.54) is 0 Å². The predicted molar refractivity (Wildman–Crippen MR) is 90.3 cm³/mol. The summed E-state index contributed by atoms with van der Waals surface area (Å²) in [6.45, 7) is 22.4. The Labute approximate surface area is 127 Å². The highest BCUT2D eigenvalue weighted by molar-refractivity contribution is 5.03. The highest BCUT2D eigenvalue weighted by atomic mass is 15.0. The predicted octanol–water partition coefficient (Wildman–Crippen LogP) is 4.51. The van der Waals surface area contributed by atoms with Crippen molar-refractivity contribution < 1.29 is 0 Å². The van der Waals surface area contributed by atoms with Crippen molar-refractivity contribution in [3.63, 3.8) is 0 Å². The Bertz CT molecular complexity index is 320.